The molecule has 1 N–H and O–H groups in total. The van der Waals surface area contributed by atoms with Crippen molar-refractivity contribution >= 4 is 17.7 Å². The highest BCUT2D eigenvalue weighted by atomic mass is 32.2. The van der Waals surface area contributed by atoms with E-state index < -0.39 is 0 Å². The quantitative estimate of drug-likeness (QED) is 0.721. The summed E-state index contributed by atoms with van der Waals surface area (Å²) in [6.45, 7) is 2.23. The molecule has 3 nitrogen and oxygen atoms in total. The smallest absolute Gasteiger partial charge is 0.346 e. The molecule has 0 aromatic carbocycles. The molecule has 1 aliphatic carbocycles. The lowest BCUT2D eigenvalue weighted by molar-refractivity contribution is -0.137. The standard InChI is InChI=1S/C11H13NO2S/c1-2-14-11(13)10-7-12-8-5-3-4-6-9(8)15-10/h3-9,12H,2H2,1H3. The van der Waals surface area contributed by atoms with Crippen LogP contribution in [-0.2, 0) is 9.53 Å². The maximum Gasteiger partial charge on any atom is 0.346 e. The van der Waals surface area contributed by atoms with Crippen molar-refractivity contribution < 1.29 is 9.53 Å². The molecule has 2 unspecified atom stereocenters. The molecule has 0 amide bonds. The van der Waals surface area contributed by atoms with Gasteiger partial charge in [-0.15, -0.1) is 11.8 Å². The average Bonchev–Trinajstić information content (AvgIpc) is 2.29. The molecule has 2 rings (SSSR count). The number of allylic oxidation sites excluding steroid dienone is 2. The fourth-order valence-corrected chi connectivity index (χ4v) is 2.58. The van der Waals surface area contributed by atoms with Crippen LogP contribution >= 0.6 is 11.8 Å². The number of rotatable bonds is 2. The third kappa shape index (κ3) is 2.26. The number of nitrogens with one attached hydrogen (secondary N) is 1. The summed E-state index contributed by atoms with van der Waals surface area (Å²) in [5.41, 5.74) is 0. The maximum atomic E-state index is 11.5. The van der Waals surface area contributed by atoms with E-state index in [9.17, 15) is 4.79 Å². The molecular formula is C11H13NO2S. The minimum absolute atomic E-state index is 0.239. The number of hydrogen-bond donors (Lipinski definition) is 1. The number of esters is 1. The van der Waals surface area contributed by atoms with Gasteiger partial charge in [-0.1, -0.05) is 24.3 Å². The van der Waals surface area contributed by atoms with Gasteiger partial charge in [0.2, 0.25) is 0 Å². The number of carbonyl (C=O) groups excluding carboxylic acids is 1. The van der Waals surface area contributed by atoms with Crippen LogP contribution in [0.15, 0.2) is 35.4 Å². The first kappa shape index (κ1) is 10.4. The van der Waals surface area contributed by atoms with Crippen LogP contribution in [0.5, 0.6) is 0 Å². The monoisotopic (exact) mass is 223 g/mol. The van der Waals surface area contributed by atoms with Crippen LogP contribution in [0.4, 0.5) is 0 Å². The highest BCUT2D eigenvalue weighted by molar-refractivity contribution is 8.04. The first-order valence-corrected chi connectivity index (χ1v) is 5.84. The number of carbonyl (C=O) groups is 1. The van der Waals surface area contributed by atoms with Crippen LogP contribution in [0.2, 0.25) is 0 Å². The molecule has 80 valence electrons. The van der Waals surface area contributed by atoms with Crippen LogP contribution in [-0.4, -0.2) is 23.9 Å². The molecule has 0 bridgehead atoms. The Morgan fingerprint density at radius 2 is 2.33 bits per heavy atom. The second-order valence-electron chi connectivity index (χ2n) is 3.27. The summed E-state index contributed by atoms with van der Waals surface area (Å²) in [5, 5.41) is 3.48. The molecule has 0 saturated carbocycles. The van der Waals surface area contributed by atoms with Gasteiger partial charge in [0.15, 0.2) is 0 Å². The summed E-state index contributed by atoms with van der Waals surface area (Å²) in [7, 11) is 0. The van der Waals surface area contributed by atoms with E-state index in [-0.39, 0.29) is 12.0 Å². The molecule has 2 aliphatic rings. The van der Waals surface area contributed by atoms with Gasteiger partial charge in [0, 0.05) is 6.20 Å². The molecule has 1 heterocycles. The molecule has 0 aromatic rings. The van der Waals surface area contributed by atoms with Gasteiger partial charge >= 0.3 is 5.97 Å². The van der Waals surface area contributed by atoms with Crippen molar-refractivity contribution in [3.63, 3.8) is 0 Å². The van der Waals surface area contributed by atoms with Crippen molar-refractivity contribution in [3.8, 4) is 0 Å². The number of hydrogen-bond acceptors (Lipinski definition) is 4. The molecule has 1 aliphatic heterocycles. The Labute approximate surface area is 93.3 Å². The highest BCUT2D eigenvalue weighted by Gasteiger charge is 2.27. The lowest BCUT2D eigenvalue weighted by atomic mass is 10.1. The Hall–Kier alpha value is -1.16. The molecule has 2 atom stereocenters. The van der Waals surface area contributed by atoms with Crippen molar-refractivity contribution in [1.82, 2.24) is 5.32 Å². The van der Waals surface area contributed by atoms with Crippen LogP contribution in [0.25, 0.3) is 0 Å². The lowest BCUT2D eigenvalue weighted by Crippen LogP contribution is -2.37. The molecule has 0 fully saturated rings. The van der Waals surface area contributed by atoms with Crippen LogP contribution < -0.4 is 5.32 Å². The first-order chi connectivity index (χ1) is 7.31. The molecule has 0 spiro atoms. The van der Waals surface area contributed by atoms with E-state index in [0.717, 1.165) is 0 Å². The second-order valence-corrected chi connectivity index (χ2v) is 4.49. The van der Waals surface area contributed by atoms with Gasteiger partial charge in [0.1, 0.15) is 4.91 Å². The average molecular weight is 223 g/mol. The van der Waals surface area contributed by atoms with Gasteiger partial charge in [-0.2, -0.15) is 0 Å². The van der Waals surface area contributed by atoms with Crippen molar-refractivity contribution in [2.24, 2.45) is 0 Å². The molecule has 0 saturated heterocycles. The van der Waals surface area contributed by atoms with Crippen molar-refractivity contribution in [3.05, 3.63) is 35.4 Å². The predicted octanol–water partition coefficient (Wildman–Crippen LogP) is 1.59. The molecule has 4 heteroatoms. The zero-order valence-corrected chi connectivity index (χ0v) is 9.29. The Morgan fingerprint density at radius 1 is 1.53 bits per heavy atom. The summed E-state index contributed by atoms with van der Waals surface area (Å²) in [5.74, 6) is -0.239. The molecular weight excluding hydrogens is 210 g/mol. The van der Waals surface area contributed by atoms with Crippen molar-refractivity contribution in [2.75, 3.05) is 6.61 Å². The molecule has 0 aromatic heterocycles. The predicted molar refractivity (Wildman–Crippen MR) is 61.3 cm³/mol. The van der Waals surface area contributed by atoms with E-state index in [4.69, 9.17) is 4.74 Å². The van der Waals surface area contributed by atoms with Crippen LogP contribution in [0, 0.1) is 0 Å². The summed E-state index contributed by atoms with van der Waals surface area (Å²) >= 11 is 1.55. The van der Waals surface area contributed by atoms with Crippen molar-refractivity contribution in [2.45, 2.75) is 18.2 Å². The highest BCUT2D eigenvalue weighted by Crippen LogP contribution is 2.31. The van der Waals surface area contributed by atoms with Gasteiger partial charge in [-0.05, 0) is 6.92 Å². The van der Waals surface area contributed by atoms with E-state index in [1.807, 2.05) is 19.1 Å². The van der Waals surface area contributed by atoms with Crippen LogP contribution in [0.1, 0.15) is 6.92 Å². The van der Waals surface area contributed by atoms with Crippen molar-refractivity contribution in [1.29, 1.82) is 0 Å². The number of ether oxygens (including phenoxy) is 1. The Kier molecular flexibility index (Phi) is 3.16. The third-order valence-corrected chi connectivity index (χ3v) is 3.49. The van der Waals surface area contributed by atoms with E-state index in [2.05, 4.69) is 17.5 Å². The normalized spacial score (nSPS) is 27.7. The first-order valence-electron chi connectivity index (χ1n) is 4.96. The number of fused-ring (bicyclic) bond motifs is 1. The Morgan fingerprint density at radius 3 is 3.13 bits per heavy atom. The van der Waals surface area contributed by atoms with Crippen LogP contribution in [0.3, 0.4) is 0 Å². The zero-order valence-electron chi connectivity index (χ0n) is 8.47. The summed E-state index contributed by atoms with van der Waals surface area (Å²) < 4.78 is 4.95. The van der Waals surface area contributed by atoms with E-state index in [1.165, 1.54) is 0 Å². The van der Waals surface area contributed by atoms with Gasteiger partial charge in [0.25, 0.3) is 0 Å². The summed E-state index contributed by atoms with van der Waals surface area (Å²) in [4.78, 5) is 12.1. The van der Waals surface area contributed by atoms with E-state index in [0.29, 0.717) is 16.8 Å². The van der Waals surface area contributed by atoms with E-state index in [1.54, 1.807) is 18.0 Å². The Balaban J connectivity index is 2.05. The lowest BCUT2D eigenvalue weighted by Gasteiger charge is -2.28. The van der Waals surface area contributed by atoms with E-state index >= 15 is 0 Å². The fraction of sp³-hybridized carbons (Fsp3) is 0.364. The summed E-state index contributed by atoms with van der Waals surface area (Å²) in [6, 6.07) is 0.290. The second kappa shape index (κ2) is 4.57. The SMILES string of the molecule is CCOC(=O)C1=CNC2C=CC=CC2S1. The maximum absolute atomic E-state index is 11.5. The Bertz CT molecular complexity index is 346. The van der Waals surface area contributed by atoms with Gasteiger partial charge < -0.3 is 10.1 Å². The molecule has 15 heavy (non-hydrogen) atoms. The third-order valence-electron chi connectivity index (χ3n) is 2.23. The minimum Gasteiger partial charge on any atom is -0.462 e. The topological polar surface area (TPSA) is 38.3 Å². The minimum atomic E-state index is -0.239. The van der Waals surface area contributed by atoms with Gasteiger partial charge in [-0.3, -0.25) is 0 Å². The number of thioether (sulfide) groups is 1. The fourth-order valence-electron chi connectivity index (χ4n) is 1.51. The van der Waals surface area contributed by atoms with Gasteiger partial charge in [0.05, 0.1) is 17.9 Å². The largest absolute Gasteiger partial charge is 0.462 e. The zero-order chi connectivity index (χ0) is 10.7. The summed E-state index contributed by atoms with van der Waals surface area (Å²) in [6.07, 6.45) is 9.94. The molecule has 0 radical (unpaired) electrons. The van der Waals surface area contributed by atoms with Gasteiger partial charge in [-0.25, -0.2) is 4.79 Å².